The fourth-order valence-corrected chi connectivity index (χ4v) is 3.04. The van der Waals surface area contributed by atoms with Crippen LogP contribution in [0.15, 0.2) is 41.8 Å². The molecule has 18 heavy (non-hydrogen) atoms. The molecule has 2 aromatic rings. The summed E-state index contributed by atoms with van der Waals surface area (Å²) in [5.41, 5.74) is 9.34. The molecule has 0 saturated carbocycles. The van der Waals surface area contributed by atoms with Crippen LogP contribution in [-0.2, 0) is 6.61 Å². The van der Waals surface area contributed by atoms with E-state index < -0.39 is 0 Å². The molecule has 0 saturated heterocycles. The fraction of sp³-hybridized carbons (Fsp3) is 0.200. The number of hydrogen-bond acceptors (Lipinski definition) is 3. The van der Waals surface area contributed by atoms with Crippen molar-refractivity contribution in [3.8, 4) is 5.75 Å². The van der Waals surface area contributed by atoms with Crippen molar-refractivity contribution < 1.29 is 4.74 Å². The second-order valence-corrected chi connectivity index (χ2v) is 5.24. The molecule has 2 nitrogen and oxygen atoms in total. The lowest BCUT2D eigenvalue weighted by Gasteiger charge is -2.08. The maximum absolute atomic E-state index is 5.88. The zero-order valence-corrected chi connectivity index (χ0v) is 10.9. The first-order valence-electron chi connectivity index (χ1n) is 6.09. The van der Waals surface area contributed by atoms with Gasteiger partial charge in [0.15, 0.2) is 0 Å². The molecule has 0 spiro atoms. The highest BCUT2D eigenvalue weighted by Crippen LogP contribution is 2.38. The Bertz CT molecular complexity index is 586. The van der Waals surface area contributed by atoms with E-state index in [2.05, 4.69) is 29.7 Å². The van der Waals surface area contributed by atoms with E-state index in [9.17, 15) is 0 Å². The minimum Gasteiger partial charge on any atom is -0.487 e. The highest BCUT2D eigenvalue weighted by Gasteiger charge is 2.19. The van der Waals surface area contributed by atoms with Crippen LogP contribution in [0.25, 0.3) is 5.57 Å². The number of benzene rings is 1. The first kappa shape index (κ1) is 11.5. The van der Waals surface area contributed by atoms with Gasteiger partial charge in [0.05, 0.1) is 0 Å². The highest BCUT2D eigenvalue weighted by atomic mass is 32.1. The third kappa shape index (κ3) is 1.96. The largest absolute Gasteiger partial charge is 0.487 e. The Morgan fingerprint density at radius 1 is 1.22 bits per heavy atom. The van der Waals surface area contributed by atoms with E-state index in [1.807, 2.05) is 12.1 Å². The van der Waals surface area contributed by atoms with Crippen LogP contribution in [0, 0.1) is 0 Å². The van der Waals surface area contributed by atoms with Crippen molar-refractivity contribution in [1.82, 2.24) is 0 Å². The Balaban J connectivity index is 2.17. The summed E-state index contributed by atoms with van der Waals surface area (Å²) in [4.78, 5) is 1.29. The number of rotatable bonds is 2. The van der Waals surface area contributed by atoms with Crippen LogP contribution >= 0.6 is 11.3 Å². The summed E-state index contributed by atoms with van der Waals surface area (Å²) < 4.78 is 5.88. The van der Waals surface area contributed by atoms with Crippen LogP contribution in [0.5, 0.6) is 5.75 Å². The summed E-state index contributed by atoms with van der Waals surface area (Å²) in [6.07, 6.45) is 3.11. The molecule has 1 aromatic heterocycles. The summed E-state index contributed by atoms with van der Waals surface area (Å²) in [5, 5.41) is 2.12. The van der Waals surface area contributed by atoms with E-state index in [0.29, 0.717) is 13.2 Å². The number of para-hydroxylation sites is 1. The van der Waals surface area contributed by atoms with Gasteiger partial charge in [0.2, 0.25) is 0 Å². The molecule has 1 aliphatic rings. The van der Waals surface area contributed by atoms with Gasteiger partial charge in [-0.05, 0) is 41.6 Å². The topological polar surface area (TPSA) is 35.2 Å². The number of fused-ring (bicyclic) bond motifs is 2. The monoisotopic (exact) mass is 257 g/mol. The minimum atomic E-state index is 0.657. The van der Waals surface area contributed by atoms with Gasteiger partial charge >= 0.3 is 0 Å². The predicted octanol–water partition coefficient (Wildman–Crippen LogP) is 3.42. The van der Waals surface area contributed by atoms with Gasteiger partial charge in [-0.1, -0.05) is 24.3 Å². The molecule has 92 valence electrons. The summed E-state index contributed by atoms with van der Waals surface area (Å²) in [7, 11) is 0. The lowest BCUT2D eigenvalue weighted by Crippen LogP contribution is -1.97. The average molecular weight is 257 g/mol. The molecule has 0 bridgehead atoms. The smallest absolute Gasteiger partial charge is 0.127 e. The highest BCUT2D eigenvalue weighted by molar-refractivity contribution is 7.10. The second-order valence-electron chi connectivity index (χ2n) is 4.24. The normalized spacial score (nSPS) is 15.7. The number of ether oxygens (including phenoxy) is 1. The summed E-state index contributed by atoms with van der Waals surface area (Å²) in [5.74, 6) is 0.962. The second kappa shape index (κ2) is 4.96. The van der Waals surface area contributed by atoms with E-state index in [-0.39, 0.29) is 0 Å². The number of thiophene rings is 1. The molecule has 1 aliphatic heterocycles. The van der Waals surface area contributed by atoms with Gasteiger partial charge in [-0.15, -0.1) is 11.3 Å². The zero-order valence-electron chi connectivity index (χ0n) is 10.1. The fourth-order valence-electron chi connectivity index (χ4n) is 2.24. The standard InChI is InChI=1S/C15H15NOS/c16-8-3-5-11-12-4-1-2-6-14(12)17-10-15-13(11)7-9-18-15/h1-2,4-7,9H,3,8,10,16H2. The number of nitrogens with two attached hydrogens (primary N) is 1. The Kier molecular flexibility index (Phi) is 3.17. The number of hydrogen-bond donors (Lipinski definition) is 1. The van der Waals surface area contributed by atoms with Crippen LogP contribution in [0.1, 0.15) is 22.4 Å². The van der Waals surface area contributed by atoms with Crippen LogP contribution in [0.3, 0.4) is 0 Å². The predicted molar refractivity (Wildman–Crippen MR) is 75.8 cm³/mol. The average Bonchev–Trinajstić information content (AvgIpc) is 2.81. The Morgan fingerprint density at radius 2 is 2.11 bits per heavy atom. The Labute approximate surface area is 111 Å². The zero-order chi connectivity index (χ0) is 12.4. The minimum absolute atomic E-state index is 0.657. The first-order chi connectivity index (χ1) is 8.90. The van der Waals surface area contributed by atoms with E-state index >= 15 is 0 Å². The molecule has 0 amide bonds. The molecular formula is C15H15NOS. The van der Waals surface area contributed by atoms with Gasteiger partial charge < -0.3 is 10.5 Å². The molecular weight excluding hydrogens is 242 g/mol. The van der Waals surface area contributed by atoms with E-state index in [0.717, 1.165) is 12.2 Å². The molecule has 0 radical (unpaired) electrons. The van der Waals surface area contributed by atoms with Gasteiger partial charge in [-0.25, -0.2) is 0 Å². The van der Waals surface area contributed by atoms with Crippen molar-refractivity contribution in [2.75, 3.05) is 6.54 Å². The lowest BCUT2D eigenvalue weighted by molar-refractivity contribution is 0.311. The van der Waals surface area contributed by atoms with Crippen molar-refractivity contribution in [2.24, 2.45) is 5.73 Å². The van der Waals surface area contributed by atoms with Crippen LogP contribution in [0.2, 0.25) is 0 Å². The van der Waals surface area contributed by atoms with Crippen LogP contribution in [0.4, 0.5) is 0 Å². The van der Waals surface area contributed by atoms with Gasteiger partial charge in [-0.3, -0.25) is 0 Å². The van der Waals surface area contributed by atoms with Crippen LogP contribution < -0.4 is 10.5 Å². The van der Waals surface area contributed by atoms with Gasteiger partial charge in [0.1, 0.15) is 12.4 Å². The maximum atomic E-state index is 5.88. The molecule has 0 aliphatic carbocycles. The molecule has 0 atom stereocenters. The third-order valence-electron chi connectivity index (χ3n) is 3.09. The summed E-state index contributed by atoms with van der Waals surface area (Å²) in [6, 6.07) is 10.4. The van der Waals surface area contributed by atoms with E-state index in [1.165, 1.54) is 21.6 Å². The molecule has 3 rings (SSSR count). The SMILES string of the molecule is NCCC=C1c2ccccc2OCc2sccc21. The summed E-state index contributed by atoms with van der Waals surface area (Å²) >= 11 is 1.75. The van der Waals surface area contributed by atoms with Gasteiger partial charge in [0.25, 0.3) is 0 Å². The molecule has 3 heteroatoms. The van der Waals surface area contributed by atoms with Crippen molar-refractivity contribution in [1.29, 1.82) is 0 Å². The van der Waals surface area contributed by atoms with E-state index in [1.54, 1.807) is 11.3 Å². The van der Waals surface area contributed by atoms with Gasteiger partial charge in [0, 0.05) is 10.4 Å². The van der Waals surface area contributed by atoms with Crippen molar-refractivity contribution >= 4 is 16.9 Å². The van der Waals surface area contributed by atoms with Crippen molar-refractivity contribution in [2.45, 2.75) is 13.0 Å². The summed E-state index contributed by atoms with van der Waals surface area (Å²) in [6.45, 7) is 1.33. The van der Waals surface area contributed by atoms with Crippen LogP contribution in [-0.4, -0.2) is 6.54 Å². The van der Waals surface area contributed by atoms with Gasteiger partial charge in [-0.2, -0.15) is 0 Å². The maximum Gasteiger partial charge on any atom is 0.127 e. The van der Waals surface area contributed by atoms with Crippen molar-refractivity contribution in [3.63, 3.8) is 0 Å². The molecule has 2 N–H and O–H groups in total. The van der Waals surface area contributed by atoms with Crippen molar-refractivity contribution in [3.05, 3.63) is 57.8 Å². The molecule has 2 heterocycles. The molecule has 0 unspecified atom stereocenters. The molecule has 1 aromatic carbocycles. The molecule has 0 fully saturated rings. The quantitative estimate of drug-likeness (QED) is 0.894. The third-order valence-corrected chi connectivity index (χ3v) is 3.98. The lowest BCUT2D eigenvalue weighted by atomic mass is 9.97. The van der Waals surface area contributed by atoms with E-state index in [4.69, 9.17) is 10.5 Å². The first-order valence-corrected chi connectivity index (χ1v) is 6.97. The Hall–Kier alpha value is -1.58. The Morgan fingerprint density at radius 3 is 3.00 bits per heavy atom.